The number of hydrogen-bond donors (Lipinski definition) is 1. The van der Waals surface area contributed by atoms with Gasteiger partial charge in [0.1, 0.15) is 0 Å². The Morgan fingerprint density at radius 2 is 2.00 bits per heavy atom. The van der Waals surface area contributed by atoms with Crippen LogP contribution in [-0.4, -0.2) is 26.1 Å². The van der Waals surface area contributed by atoms with Gasteiger partial charge in [-0.05, 0) is 18.4 Å². The Labute approximate surface area is 116 Å². The lowest BCUT2D eigenvalue weighted by atomic mass is 10.1. The first-order valence-electron chi connectivity index (χ1n) is 6.24. The second kappa shape index (κ2) is 5.48. The molecular formula is C14H16FNO4. The fraction of sp³-hybridized carbons (Fsp3) is 0.429. The third kappa shape index (κ3) is 2.74. The highest BCUT2D eigenvalue weighted by Gasteiger charge is 2.39. The molecule has 5 nitrogen and oxygen atoms in total. The molecule has 0 aromatic heterocycles. The van der Waals surface area contributed by atoms with Crippen LogP contribution in [0.2, 0.25) is 0 Å². The van der Waals surface area contributed by atoms with Gasteiger partial charge < -0.3 is 14.8 Å². The second-order valence-electron chi connectivity index (χ2n) is 4.83. The predicted octanol–water partition coefficient (Wildman–Crippen LogP) is 2.22. The van der Waals surface area contributed by atoms with Gasteiger partial charge in [0.25, 0.3) is 0 Å². The molecule has 2 rings (SSSR count). The van der Waals surface area contributed by atoms with E-state index in [1.165, 1.54) is 20.3 Å². The molecule has 2 unspecified atom stereocenters. The lowest BCUT2D eigenvalue weighted by Gasteiger charge is -2.12. The van der Waals surface area contributed by atoms with E-state index in [4.69, 9.17) is 4.74 Å². The predicted molar refractivity (Wildman–Crippen MR) is 70.2 cm³/mol. The van der Waals surface area contributed by atoms with Gasteiger partial charge in [0.2, 0.25) is 5.91 Å². The summed E-state index contributed by atoms with van der Waals surface area (Å²) >= 11 is 0. The maximum atomic E-state index is 13.7. The number of methoxy groups -OCH3 is 2. The average molecular weight is 281 g/mol. The van der Waals surface area contributed by atoms with E-state index in [2.05, 4.69) is 10.1 Å². The number of esters is 1. The number of hydrogen-bond acceptors (Lipinski definition) is 4. The number of anilines is 1. The smallest absolute Gasteiger partial charge is 0.340 e. The van der Waals surface area contributed by atoms with E-state index in [9.17, 15) is 14.0 Å². The van der Waals surface area contributed by atoms with Crippen molar-refractivity contribution in [2.75, 3.05) is 19.5 Å². The number of ether oxygens (including phenoxy) is 2. The summed E-state index contributed by atoms with van der Waals surface area (Å²) in [6.07, 6.45) is 0.804. The van der Waals surface area contributed by atoms with Crippen LogP contribution in [0.4, 0.5) is 10.1 Å². The van der Waals surface area contributed by atoms with Gasteiger partial charge in [0.15, 0.2) is 11.6 Å². The maximum Gasteiger partial charge on any atom is 0.340 e. The summed E-state index contributed by atoms with van der Waals surface area (Å²) in [5, 5.41) is 2.57. The molecule has 1 aliphatic carbocycles. The van der Waals surface area contributed by atoms with Gasteiger partial charge in [-0.3, -0.25) is 4.79 Å². The van der Waals surface area contributed by atoms with Gasteiger partial charge in [0.05, 0.1) is 25.5 Å². The summed E-state index contributed by atoms with van der Waals surface area (Å²) in [5.74, 6) is -1.37. The number of rotatable bonds is 4. The Balaban J connectivity index is 2.32. The summed E-state index contributed by atoms with van der Waals surface area (Å²) < 4.78 is 23.2. The zero-order valence-corrected chi connectivity index (χ0v) is 11.5. The van der Waals surface area contributed by atoms with Crippen LogP contribution in [0.15, 0.2) is 12.1 Å². The maximum absolute atomic E-state index is 13.7. The van der Waals surface area contributed by atoms with Crippen molar-refractivity contribution in [2.24, 2.45) is 11.8 Å². The van der Waals surface area contributed by atoms with Crippen LogP contribution in [0.5, 0.6) is 5.75 Å². The van der Waals surface area contributed by atoms with E-state index in [0.29, 0.717) is 5.92 Å². The molecule has 0 radical (unpaired) electrons. The molecular weight excluding hydrogens is 265 g/mol. The standard InChI is InChI=1S/C14H16FNO4/c1-7-4-8(7)13(17)16-11-6-10(15)12(19-2)5-9(11)14(18)20-3/h5-8H,4H2,1-3H3,(H,16,17). The highest BCUT2D eigenvalue weighted by Crippen LogP contribution is 2.39. The van der Waals surface area contributed by atoms with Gasteiger partial charge >= 0.3 is 5.97 Å². The van der Waals surface area contributed by atoms with E-state index in [-0.39, 0.29) is 28.8 Å². The molecule has 0 aliphatic heterocycles. The van der Waals surface area contributed by atoms with Crippen LogP contribution >= 0.6 is 0 Å². The molecule has 20 heavy (non-hydrogen) atoms. The fourth-order valence-electron chi connectivity index (χ4n) is 2.00. The van der Waals surface area contributed by atoms with Crippen molar-refractivity contribution in [3.05, 3.63) is 23.5 Å². The molecule has 1 fully saturated rings. The van der Waals surface area contributed by atoms with Gasteiger partial charge in [-0.25, -0.2) is 9.18 Å². The Bertz CT molecular complexity index is 558. The van der Waals surface area contributed by atoms with Crippen LogP contribution in [0.1, 0.15) is 23.7 Å². The van der Waals surface area contributed by atoms with E-state index in [1.54, 1.807) is 0 Å². The highest BCUT2D eigenvalue weighted by molar-refractivity contribution is 6.02. The number of carbonyl (C=O) groups excluding carboxylic acids is 2. The molecule has 1 aliphatic rings. The largest absolute Gasteiger partial charge is 0.494 e. The Hall–Kier alpha value is -2.11. The van der Waals surface area contributed by atoms with Crippen molar-refractivity contribution in [2.45, 2.75) is 13.3 Å². The third-order valence-electron chi connectivity index (χ3n) is 3.40. The number of nitrogens with one attached hydrogen (secondary N) is 1. The molecule has 0 saturated heterocycles. The SMILES string of the molecule is COC(=O)c1cc(OC)c(F)cc1NC(=O)C1CC1C. The van der Waals surface area contributed by atoms with Crippen LogP contribution in [0.25, 0.3) is 0 Å². The highest BCUT2D eigenvalue weighted by atomic mass is 19.1. The molecule has 2 atom stereocenters. The van der Waals surface area contributed by atoms with E-state index < -0.39 is 11.8 Å². The molecule has 108 valence electrons. The van der Waals surface area contributed by atoms with Crippen molar-refractivity contribution in [3.8, 4) is 5.75 Å². The van der Waals surface area contributed by atoms with Crippen LogP contribution in [0, 0.1) is 17.7 Å². The van der Waals surface area contributed by atoms with Crippen molar-refractivity contribution in [1.29, 1.82) is 0 Å². The summed E-state index contributed by atoms with van der Waals surface area (Å²) in [6.45, 7) is 1.96. The molecule has 1 N–H and O–H groups in total. The Kier molecular flexibility index (Phi) is 3.92. The van der Waals surface area contributed by atoms with Crippen LogP contribution in [0.3, 0.4) is 0 Å². The minimum absolute atomic E-state index is 0.0624. The van der Waals surface area contributed by atoms with Crippen LogP contribution in [-0.2, 0) is 9.53 Å². The fourth-order valence-corrected chi connectivity index (χ4v) is 2.00. The quantitative estimate of drug-likeness (QED) is 0.859. The molecule has 1 amide bonds. The van der Waals surface area contributed by atoms with Gasteiger partial charge in [-0.2, -0.15) is 0 Å². The number of carbonyl (C=O) groups is 2. The summed E-state index contributed by atoms with van der Waals surface area (Å²) in [4.78, 5) is 23.6. The average Bonchev–Trinajstić information content (AvgIpc) is 3.15. The molecule has 6 heteroatoms. The van der Waals surface area contributed by atoms with Gasteiger partial charge in [-0.1, -0.05) is 6.92 Å². The zero-order chi connectivity index (χ0) is 14.9. The first-order chi connectivity index (χ1) is 9.47. The molecule has 1 aromatic carbocycles. The normalized spacial score (nSPS) is 20.2. The van der Waals surface area contributed by atoms with Gasteiger partial charge in [0, 0.05) is 12.0 Å². The van der Waals surface area contributed by atoms with E-state index in [0.717, 1.165) is 12.5 Å². The summed E-state index contributed by atoms with van der Waals surface area (Å²) in [7, 11) is 2.51. The number of amides is 1. The third-order valence-corrected chi connectivity index (χ3v) is 3.40. The van der Waals surface area contributed by atoms with Crippen molar-refractivity contribution in [1.82, 2.24) is 0 Å². The molecule has 1 saturated carbocycles. The minimum atomic E-state index is -0.664. The topological polar surface area (TPSA) is 64.6 Å². The minimum Gasteiger partial charge on any atom is -0.494 e. The molecule has 0 spiro atoms. The summed E-state index contributed by atoms with van der Waals surface area (Å²) in [5.41, 5.74) is 0.159. The molecule has 0 bridgehead atoms. The second-order valence-corrected chi connectivity index (χ2v) is 4.83. The van der Waals surface area contributed by atoms with Crippen molar-refractivity contribution < 1.29 is 23.5 Å². The van der Waals surface area contributed by atoms with E-state index >= 15 is 0 Å². The zero-order valence-electron chi connectivity index (χ0n) is 11.5. The first-order valence-corrected chi connectivity index (χ1v) is 6.24. The molecule has 1 aromatic rings. The monoisotopic (exact) mass is 281 g/mol. The molecule has 0 heterocycles. The first kappa shape index (κ1) is 14.3. The Morgan fingerprint density at radius 1 is 1.35 bits per heavy atom. The van der Waals surface area contributed by atoms with Gasteiger partial charge in [-0.15, -0.1) is 0 Å². The lowest BCUT2D eigenvalue weighted by molar-refractivity contribution is -0.117. The lowest BCUT2D eigenvalue weighted by Crippen LogP contribution is -2.18. The summed E-state index contributed by atoms with van der Waals surface area (Å²) in [6, 6.07) is 2.28. The van der Waals surface area contributed by atoms with Crippen LogP contribution < -0.4 is 10.1 Å². The number of benzene rings is 1. The van der Waals surface area contributed by atoms with E-state index in [1.807, 2.05) is 6.92 Å². The van der Waals surface area contributed by atoms with Crippen molar-refractivity contribution >= 4 is 17.6 Å². The van der Waals surface area contributed by atoms with Crippen molar-refractivity contribution in [3.63, 3.8) is 0 Å². The number of halogens is 1. The Morgan fingerprint density at radius 3 is 2.50 bits per heavy atom.